The predicted molar refractivity (Wildman–Crippen MR) is 64.3 cm³/mol. The zero-order valence-corrected chi connectivity index (χ0v) is 11.2. The van der Waals surface area contributed by atoms with E-state index in [0.29, 0.717) is 0 Å². The SMILES string of the molecule is O=C(NS(=O)(=O)c1ccc(F)cc1)C1CC1(Cl)Cl. The molecule has 0 bridgehead atoms. The van der Waals surface area contributed by atoms with E-state index in [1.165, 1.54) is 0 Å². The Bertz CT molecular complexity index is 586. The lowest BCUT2D eigenvalue weighted by Gasteiger charge is -2.06. The van der Waals surface area contributed by atoms with Crippen molar-refractivity contribution in [2.75, 3.05) is 0 Å². The van der Waals surface area contributed by atoms with Gasteiger partial charge in [-0.05, 0) is 30.7 Å². The van der Waals surface area contributed by atoms with Crippen LogP contribution in [0.4, 0.5) is 4.39 Å². The van der Waals surface area contributed by atoms with Crippen molar-refractivity contribution in [3.63, 3.8) is 0 Å². The van der Waals surface area contributed by atoms with Crippen LogP contribution < -0.4 is 4.72 Å². The van der Waals surface area contributed by atoms with Crippen LogP contribution in [0.15, 0.2) is 29.2 Å². The Morgan fingerprint density at radius 2 is 1.83 bits per heavy atom. The molecule has 0 aromatic heterocycles. The topological polar surface area (TPSA) is 63.2 Å². The van der Waals surface area contributed by atoms with Crippen molar-refractivity contribution in [3.05, 3.63) is 30.1 Å². The van der Waals surface area contributed by atoms with E-state index in [1.54, 1.807) is 0 Å². The van der Waals surface area contributed by atoms with Gasteiger partial charge in [0.05, 0.1) is 10.8 Å². The predicted octanol–water partition coefficient (Wildman–Crippen LogP) is 1.82. The van der Waals surface area contributed by atoms with Crippen LogP contribution in [0, 0.1) is 11.7 Å². The molecule has 1 aliphatic carbocycles. The van der Waals surface area contributed by atoms with E-state index < -0.39 is 32.0 Å². The number of benzene rings is 1. The Morgan fingerprint density at radius 1 is 1.33 bits per heavy atom. The Morgan fingerprint density at radius 3 is 2.28 bits per heavy atom. The van der Waals surface area contributed by atoms with E-state index in [-0.39, 0.29) is 11.3 Å². The number of alkyl halides is 2. The minimum absolute atomic E-state index is 0.201. The summed E-state index contributed by atoms with van der Waals surface area (Å²) >= 11 is 11.3. The molecule has 0 spiro atoms. The molecule has 1 aromatic carbocycles. The molecule has 8 heteroatoms. The van der Waals surface area contributed by atoms with Crippen molar-refractivity contribution in [3.8, 4) is 0 Å². The Balaban J connectivity index is 2.13. The van der Waals surface area contributed by atoms with Gasteiger partial charge in [0.25, 0.3) is 10.0 Å². The summed E-state index contributed by atoms with van der Waals surface area (Å²) in [4.78, 5) is 11.3. The molecule has 0 aliphatic heterocycles. The molecule has 1 aromatic rings. The van der Waals surface area contributed by atoms with Crippen LogP contribution in [0.1, 0.15) is 6.42 Å². The Labute approximate surface area is 113 Å². The van der Waals surface area contributed by atoms with E-state index in [4.69, 9.17) is 23.2 Å². The number of hydrogen-bond acceptors (Lipinski definition) is 3. The third-order valence-corrected chi connectivity index (χ3v) is 4.70. The molecule has 0 heterocycles. The quantitative estimate of drug-likeness (QED) is 0.866. The number of nitrogens with one attached hydrogen (secondary N) is 1. The second-order valence-corrected chi connectivity index (χ2v) is 7.17. The standard InChI is InChI=1S/C10H8Cl2FNO3S/c11-10(12)5-8(10)9(15)14-18(16,17)7-3-1-6(13)2-4-7/h1-4,8H,5H2,(H,14,15). The van der Waals surface area contributed by atoms with E-state index in [2.05, 4.69) is 0 Å². The van der Waals surface area contributed by atoms with Gasteiger partial charge in [-0.1, -0.05) is 0 Å². The maximum Gasteiger partial charge on any atom is 0.264 e. The fourth-order valence-electron chi connectivity index (χ4n) is 1.37. The number of carbonyl (C=O) groups is 1. The minimum atomic E-state index is -4.01. The van der Waals surface area contributed by atoms with Crippen molar-refractivity contribution < 1.29 is 17.6 Å². The monoisotopic (exact) mass is 311 g/mol. The van der Waals surface area contributed by atoms with E-state index in [9.17, 15) is 17.6 Å². The number of amides is 1. The lowest BCUT2D eigenvalue weighted by Crippen LogP contribution is -2.32. The average Bonchev–Trinajstić information content (AvgIpc) is 2.88. The zero-order valence-electron chi connectivity index (χ0n) is 8.86. The van der Waals surface area contributed by atoms with Gasteiger partial charge >= 0.3 is 0 Å². The first-order valence-corrected chi connectivity index (χ1v) is 7.16. The minimum Gasteiger partial charge on any atom is -0.274 e. The number of hydrogen-bond donors (Lipinski definition) is 1. The van der Waals surface area contributed by atoms with E-state index >= 15 is 0 Å². The molecule has 1 saturated carbocycles. The van der Waals surface area contributed by atoms with Crippen molar-refractivity contribution in [1.29, 1.82) is 0 Å². The van der Waals surface area contributed by atoms with E-state index in [0.717, 1.165) is 24.3 Å². The van der Waals surface area contributed by atoms with Crippen LogP contribution in [-0.4, -0.2) is 18.7 Å². The molecule has 1 amide bonds. The summed E-state index contributed by atoms with van der Waals surface area (Å²) in [7, 11) is -4.01. The highest BCUT2D eigenvalue weighted by Gasteiger charge is 2.57. The van der Waals surface area contributed by atoms with E-state index in [1.807, 2.05) is 4.72 Å². The Kier molecular flexibility index (Phi) is 3.29. The highest BCUT2D eigenvalue weighted by Crippen LogP contribution is 2.53. The van der Waals surface area contributed by atoms with Gasteiger partial charge < -0.3 is 0 Å². The lowest BCUT2D eigenvalue weighted by atomic mass is 10.4. The van der Waals surface area contributed by atoms with Crippen molar-refractivity contribution in [2.45, 2.75) is 15.6 Å². The third-order valence-electron chi connectivity index (χ3n) is 2.50. The number of carbonyl (C=O) groups excluding carboxylic acids is 1. The summed E-state index contributed by atoms with van der Waals surface area (Å²) in [5, 5.41) is 0. The molecule has 1 atom stereocenters. The maximum absolute atomic E-state index is 12.7. The van der Waals surface area contributed by atoms with Gasteiger partial charge in [-0.15, -0.1) is 23.2 Å². The number of sulfonamides is 1. The molecule has 0 saturated heterocycles. The summed E-state index contributed by atoms with van der Waals surface area (Å²) in [5.74, 6) is -2.07. The molecule has 98 valence electrons. The highest BCUT2D eigenvalue weighted by atomic mass is 35.5. The van der Waals surface area contributed by atoms with Crippen LogP contribution in [0.25, 0.3) is 0 Å². The maximum atomic E-state index is 12.7. The molecule has 1 N–H and O–H groups in total. The molecular formula is C10H8Cl2FNO3S. The second kappa shape index (κ2) is 4.36. The van der Waals surface area contributed by atoms with Gasteiger partial charge in [0.2, 0.25) is 5.91 Å². The van der Waals surface area contributed by atoms with Gasteiger partial charge in [-0.2, -0.15) is 0 Å². The van der Waals surface area contributed by atoms with Crippen LogP contribution in [0.3, 0.4) is 0 Å². The Hall–Kier alpha value is -0.850. The van der Waals surface area contributed by atoms with Crippen LogP contribution in [0.2, 0.25) is 0 Å². The van der Waals surface area contributed by atoms with Crippen LogP contribution in [-0.2, 0) is 14.8 Å². The molecular weight excluding hydrogens is 304 g/mol. The molecule has 1 fully saturated rings. The molecule has 0 radical (unpaired) electrons. The normalized spacial score (nSPS) is 21.4. The average molecular weight is 312 g/mol. The first-order valence-electron chi connectivity index (χ1n) is 4.92. The molecule has 4 nitrogen and oxygen atoms in total. The van der Waals surface area contributed by atoms with Crippen molar-refractivity contribution in [1.82, 2.24) is 4.72 Å². The molecule has 2 rings (SSSR count). The smallest absolute Gasteiger partial charge is 0.264 e. The van der Waals surface area contributed by atoms with Crippen molar-refractivity contribution >= 4 is 39.1 Å². The third kappa shape index (κ3) is 2.76. The zero-order chi connectivity index (χ0) is 13.6. The summed E-state index contributed by atoms with van der Waals surface area (Å²) in [5.41, 5.74) is 0. The van der Waals surface area contributed by atoms with Gasteiger partial charge in [-0.3, -0.25) is 4.79 Å². The molecule has 18 heavy (non-hydrogen) atoms. The van der Waals surface area contributed by atoms with Gasteiger partial charge in [0, 0.05) is 0 Å². The molecule has 1 aliphatic rings. The molecule has 1 unspecified atom stereocenters. The van der Waals surface area contributed by atoms with Crippen LogP contribution in [0.5, 0.6) is 0 Å². The number of halogens is 3. The first-order chi connectivity index (χ1) is 8.22. The van der Waals surface area contributed by atoms with Crippen molar-refractivity contribution in [2.24, 2.45) is 5.92 Å². The first kappa shape index (κ1) is 13.6. The largest absolute Gasteiger partial charge is 0.274 e. The summed E-state index contributed by atoms with van der Waals surface area (Å²) in [6, 6.07) is 4.10. The fraction of sp³-hybridized carbons (Fsp3) is 0.300. The lowest BCUT2D eigenvalue weighted by molar-refractivity contribution is -0.120. The number of rotatable bonds is 3. The second-order valence-electron chi connectivity index (χ2n) is 3.94. The summed E-state index contributed by atoms with van der Waals surface area (Å²) < 4.78 is 36.8. The van der Waals surface area contributed by atoms with Crippen LogP contribution >= 0.6 is 23.2 Å². The summed E-state index contributed by atoms with van der Waals surface area (Å²) in [6.45, 7) is 0. The van der Waals surface area contributed by atoms with Gasteiger partial charge in [0.15, 0.2) is 0 Å². The van der Waals surface area contributed by atoms with Gasteiger partial charge in [-0.25, -0.2) is 17.5 Å². The highest BCUT2D eigenvalue weighted by molar-refractivity contribution is 7.90. The van der Waals surface area contributed by atoms with Gasteiger partial charge in [0.1, 0.15) is 10.2 Å². The fourth-order valence-corrected chi connectivity index (χ4v) is 2.90. The summed E-state index contributed by atoms with van der Waals surface area (Å²) in [6.07, 6.45) is 0.209.